The van der Waals surface area contributed by atoms with E-state index in [1.807, 2.05) is 24.6 Å². The van der Waals surface area contributed by atoms with Gasteiger partial charge in [0, 0.05) is 11.4 Å². The molecule has 1 rings (SSSR count). The van der Waals surface area contributed by atoms with Crippen molar-refractivity contribution in [2.24, 2.45) is 5.73 Å². The van der Waals surface area contributed by atoms with E-state index in [0.717, 1.165) is 17.7 Å². The van der Waals surface area contributed by atoms with Gasteiger partial charge in [0.15, 0.2) is 0 Å². The summed E-state index contributed by atoms with van der Waals surface area (Å²) in [6.07, 6.45) is 4.78. The summed E-state index contributed by atoms with van der Waals surface area (Å²) in [5.74, 6) is 0.842. The fraction of sp³-hybridized carbons (Fsp3) is 0.462. The lowest BCUT2D eigenvalue weighted by molar-refractivity contribution is -0.122. The van der Waals surface area contributed by atoms with Crippen molar-refractivity contribution >= 4 is 29.4 Å². The van der Waals surface area contributed by atoms with Crippen LogP contribution in [0.5, 0.6) is 0 Å². The van der Waals surface area contributed by atoms with Crippen LogP contribution in [0.15, 0.2) is 29.2 Å². The van der Waals surface area contributed by atoms with Crippen molar-refractivity contribution in [2.45, 2.75) is 23.9 Å². The van der Waals surface area contributed by atoms with Crippen molar-refractivity contribution in [1.29, 1.82) is 0 Å². The monoisotopic (exact) mass is 284 g/mol. The smallest absolute Gasteiger partial charge is 0.237 e. The Kier molecular flexibility index (Phi) is 7.23. The van der Waals surface area contributed by atoms with Gasteiger partial charge in [-0.25, -0.2) is 0 Å². The summed E-state index contributed by atoms with van der Waals surface area (Å²) in [6, 6.07) is 7.77. The van der Waals surface area contributed by atoms with Crippen molar-refractivity contribution in [3.8, 4) is 0 Å². The molecule has 100 valence electrons. The van der Waals surface area contributed by atoms with Crippen LogP contribution >= 0.6 is 23.5 Å². The first-order valence-electron chi connectivity index (χ1n) is 5.82. The topological polar surface area (TPSA) is 55.1 Å². The zero-order valence-corrected chi connectivity index (χ0v) is 12.4. The lowest BCUT2D eigenvalue weighted by Gasteiger charge is -2.11. The molecule has 0 bridgehead atoms. The maximum atomic E-state index is 11.7. The van der Waals surface area contributed by atoms with Crippen LogP contribution in [0.3, 0.4) is 0 Å². The van der Waals surface area contributed by atoms with Gasteiger partial charge in [0.2, 0.25) is 5.91 Å². The van der Waals surface area contributed by atoms with Gasteiger partial charge in [0.1, 0.15) is 0 Å². The van der Waals surface area contributed by atoms with Gasteiger partial charge in [0.05, 0.1) is 6.04 Å². The van der Waals surface area contributed by atoms with Crippen LogP contribution in [0.2, 0.25) is 0 Å². The van der Waals surface area contributed by atoms with Crippen molar-refractivity contribution in [3.63, 3.8) is 0 Å². The van der Waals surface area contributed by atoms with Gasteiger partial charge in [-0.15, -0.1) is 11.8 Å². The van der Waals surface area contributed by atoms with E-state index < -0.39 is 6.04 Å². The van der Waals surface area contributed by atoms with E-state index >= 15 is 0 Å². The maximum absolute atomic E-state index is 11.7. The quantitative estimate of drug-likeness (QED) is 0.753. The summed E-state index contributed by atoms with van der Waals surface area (Å²) in [5.41, 5.74) is 6.88. The summed E-state index contributed by atoms with van der Waals surface area (Å²) >= 11 is 3.41. The molecular weight excluding hydrogens is 264 g/mol. The van der Waals surface area contributed by atoms with E-state index in [9.17, 15) is 4.79 Å². The molecule has 1 aromatic carbocycles. The van der Waals surface area contributed by atoms with Crippen LogP contribution in [-0.2, 0) is 11.3 Å². The highest BCUT2D eigenvalue weighted by Crippen LogP contribution is 2.14. The summed E-state index contributed by atoms with van der Waals surface area (Å²) in [5, 5.41) is 2.87. The Morgan fingerprint density at radius 3 is 2.56 bits per heavy atom. The highest BCUT2D eigenvalue weighted by Gasteiger charge is 2.11. The van der Waals surface area contributed by atoms with Crippen LogP contribution < -0.4 is 11.1 Å². The molecule has 0 aliphatic heterocycles. The number of thioether (sulfide) groups is 2. The molecule has 3 nitrogen and oxygen atoms in total. The number of rotatable bonds is 7. The number of nitrogens with two attached hydrogens (primary N) is 1. The van der Waals surface area contributed by atoms with Gasteiger partial charge in [-0.2, -0.15) is 11.8 Å². The third-order valence-corrected chi connectivity index (χ3v) is 3.98. The molecule has 5 heteroatoms. The largest absolute Gasteiger partial charge is 0.351 e. The summed E-state index contributed by atoms with van der Waals surface area (Å²) in [6.45, 7) is 0.542. The molecule has 0 aliphatic rings. The van der Waals surface area contributed by atoms with E-state index in [-0.39, 0.29) is 5.91 Å². The molecule has 1 amide bonds. The Labute approximate surface area is 117 Å². The summed E-state index contributed by atoms with van der Waals surface area (Å²) < 4.78 is 0. The molecule has 0 aromatic heterocycles. The van der Waals surface area contributed by atoms with Crippen LogP contribution in [0, 0.1) is 0 Å². The fourth-order valence-electron chi connectivity index (χ4n) is 1.44. The van der Waals surface area contributed by atoms with Gasteiger partial charge in [0.25, 0.3) is 0 Å². The first kappa shape index (κ1) is 15.4. The first-order chi connectivity index (χ1) is 8.67. The van der Waals surface area contributed by atoms with Crippen molar-refractivity contribution < 1.29 is 4.79 Å². The molecule has 0 spiro atoms. The minimum Gasteiger partial charge on any atom is -0.351 e. The summed E-state index contributed by atoms with van der Waals surface area (Å²) in [4.78, 5) is 12.9. The molecular formula is C13H20N2OS2. The Hall–Kier alpha value is -0.650. The van der Waals surface area contributed by atoms with Crippen molar-refractivity contribution in [1.82, 2.24) is 5.32 Å². The second kappa shape index (κ2) is 8.45. The number of hydrogen-bond donors (Lipinski definition) is 2. The highest BCUT2D eigenvalue weighted by molar-refractivity contribution is 7.98. The standard InChI is InChI=1S/C13H20N2OS2/c1-17-8-7-12(14)13(16)15-9-10-3-5-11(18-2)6-4-10/h3-6,12H,7-9,14H2,1-2H3,(H,15,16)/t12-/m0/s1. The number of amides is 1. The predicted molar refractivity (Wildman–Crippen MR) is 81.0 cm³/mol. The van der Waals surface area contributed by atoms with E-state index in [0.29, 0.717) is 6.54 Å². The Bertz CT molecular complexity index is 368. The second-order valence-electron chi connectivity index (χ2n) is 3.95. The number of carbonyl (C=O) groups is 1. The predicted octanol–water partition coefficient (Wildman–Crippen LogP) is 2.11. The lowest BCUT2D eigenvalue weighted by Crippen LogP contribution is -2.40. The second-order valence-corrected chi connectivity index (χ2v) is 5.82. The maximum Gasteiger partial charge on any atom is 0.237 e. The lowest BCUT2D eigenvalue weighted by atomic mass is 10.2. The van der Waals surface area contributed by atoms with Crippen LogP contribution in [0.25, 0.3) is 0 Å². The molecule has 0 fully saturated rings. The first-order valence-corrected chi connectivity index (χ1v) is 8.44. The van der Waals surface area contributed by atoms with E-state index in [2.05, 4.69) is 17.4 Å². The molecule has 0 unspecified atom stereocenters. The highest BCUT2D eigenvalue weighted by atomic mass is 32.2. The Balaban J connectivity index is 2.37. The zero-order valence-electron chi connectivity index (χ0n) is 10.8. The fourth-order valence-corrected chi connectivity index (χ4v) is 2.34. The molecule has 1 atom stereocenters. The van der Waals surface area contributed by atoms with Crippen molar-refractivity contribution in [2.75, 3.05) is 18.3 Å². The number of nitrogens with one attached hydrogen (secondary N) is 1. The van der Waals surface area contributed by atoms with Gasteiger partial charge < -0.3 is 11.1 Å². The summed E-state index contributed by atoms with van der Waals surface area (Å²) in [7, 11) is 0. The average Bonchev–Trinajstić information content (AvgIpc) is 2.42. The molecule has 1 aromatic rings. The van der Waals surface area contributed by atoms with E-state index in [1.165, 1.54) is 4.90 Å². The van der Waals surface area contributed by atoms with Crippen molar-refractivity contribution in [3.05, 3.63) is 29.8 Å². The molecule has 0 aliphatic carbocycles. The van der Waals surface area contributed by atoms with E-state index in [4.69, 9.17) is 5.73 Å². The van der Waals surface area contributed by atoms with Crippen LogP contribution in [0.1, 0.15) is 12.0 Å². The van der Waals surface area contributed by atoms with Gasteiger partial charge >= 0.3 is 0 Å². The molecule has 0 saturated heterocycles. The Morgan fingerprint density at radius 2 is 2.00 bits per heavy atom. The van der Waals surface area contributed by atoms with Gasteiger partial charge in [-0.05, 0) is 42.4 Å². The molecule has 0 heterocycles. The minimum absolute atomic E-state index is 0.0713. The Morgan fingerprint density at radius 1 is 1.33 bits per heavy atom. The van der Waals surface area contributed by atoms with Crippen LogP contribution in [0.4, 0.5) is 0 Å². The molecule has 18 heavy (non-hydrogen) atoms. The normalized spacial score (nSPS) is 12.2. The van der Waals surface area contributed by atoms with E-state index in [1.54, 1.807) is 23.5 Å². The van der Waals surface area contributed by atoms with Crippen LogP contribution in [-0.4, -0.2) is 30.2 Å². The zero-order chi connectivity index (χ0) is 13.4. The average molecular weight is 284 g/mol. The molecule has 0 radical (unpaired) electrons. The third kappa shape index (κ3) is 5.33. The van der Waals surface area contributed by atoms with Gasteiger partial charge in [-0.3, -0.25) is 4.79 Å². The third-order valence-electron chi connectivity index (χ3n) is 2.60. The molecule has 3 N–H and O–H groups in total. The number of hydrogen-bond acceptors (Lipinski definition) is 4. The number of benzene rings is 1. The van der Waals surface area contributed by atoms with Gasteiger partial charge in [-0.1, -0.05) is 12.1 Å². The SMILES string of the molecule is CSCC[C@H](N)C(=O)NCc1ccc(SC)cc1. The molecule has 0 saturated carbocycles. The minimum atomic E-state index is -0.400. The number of carbonyl (C=O) groups excluding carboxylic acids is 1.